The van der Waals surface area contributed by atoms with Gasteiger partial charge in [-0.2, -0.15) is 0 Å². The predicted octanol–water partition coefficient (Wildman–Crippen LogP) is 2.34. The lowest BCUT2D eigenvalue weighted by molar-refractivity contribution is 0.0768. The summed E-state index contributed by atoms with van der Waals surface area (Å²) in [5.74, 6) is 1.19. The molecule has 0 unspecified atom stereocenters. The Bertz CT molecular complexity index is 945. The molecular formula is C20H20N2O4. The average Bonchev–Trinajstić information content (AvgIpc) is 3.12. The fraction of sp³-hybridized carbons (Fsp3) is 0.300. The highest BCUT2D eigenvalue weighted by atomic mass is 16.7. The number of carbonyl (C=O) groups excluding carboxylic acids is 1. The summed E-state index contributed by atoms with van der Waals surface area (Å²) >= 11 is 0. The Morgan fingerprint density at radius 2 is 2.00 bits per heavy atom. The van der Waals surface area contributed by atoms with Crippen LogP contribution in [0.1, 0.15) is 27.9 Å². The van der Waals surface area contributed by atoms with E-state index in [4.69, 9.17) is 9.47 Å². The van der Waals surface area contributed by atoms with Crippen molar-refractivity contribution in [3.05, 3.63) is 69.7 Å². The van der Waals surface area contributed by atoms with E-state index in [1.165, 1.54) is 0 Å². The number of pyridine rings is 1. The van der Waals surface area contributed by atoms with Gasteiger partial charge in [0.25, 0.3) is 11.5 Å². The van der Waals surface area contributed by atoms with E-state index in [0.29, 0.717) is 36.7 Å². The van der Waals surface area contributed by atoms with Gasteiger partial charge in [-0.1, -0.05) is 18.2 Å². The number of hydrogen-bond acceptors (Lipinski definition) is 4. The fourth-order valence-corrected chi connectivity index (χ4v) is 3.27. The predicted molar refractivity (Wildman–Crippen MR) is 96.8 cm³/mol. The standard InChI is InChI=1S/C20H20N2O4/c1-14-7-10-22(12-15-5-6-16-17(11-15)26-13-25-16)20(24)18(14)19(23)21-8-3-2-4-9-21/h2-3,5-7,10-11H,4,8-9,12-13H2,1H3. The summed E-state index contributed by atoms with van der Waals surface area (Å²) in [6, 6.07) is 7.42. The van der Waals surface area contributed by atoms with Gasteiger partial charge in [0.05, 0.1) is 6.54 Å². The molecule has 1 aromatic carbocycles. The highest BCUT2D eigenvalue weighted by Crippen LogP contribution is 2.32. The number of ether oxygens (including phenoxy) is 2. The lowest BCUT2D eigenvalue weighted by Gasteiger charge is -2.24. The van der Waals surface area contributed by atoms with Crippen LogP contribution in [0.25, 0.3) is 0 Å². The van der Waals surface area contributed by atoms with Crippen molar-refractivity contribution >= 4 is 5.91 Å². The number of carbonyl (C=O) groups is 1. The number of hydrogen-bond donors (Lipinski definition) is 0. The number of benzene rings is 1. The van der Waals surface area contributed by atoms with Crippen LogP contribution in [0.5, 0.6) is 11.5 Å². The van der Waals surface area contributed by atoms with Crippen molar-refractivity contribution in [1.82, 2.24) is 9.47 Å². The number of rotatable bonds is 3. The van der Waals surface area contributed by atoms with Crippen molar-refractivity contribution in [1.29, 1.82) is 0 Å². The fourth-order valence-electron chi connectivity index (χ4n) is 3.27. The minimum atomic E-state index is -0.262. The average molecular weight is 352 g/mol. The molecule has 1 amide bonds. The second kappa shape index (κ2) is 6.71. The van der Waals surface area contributed by atoms with Crippen LogP contribution >= 0.6 is 0 Å². The van der Waals surface area contributed by atoms with Crippen molar-refractivity contribution in [2.75, 3.05) is 19.9 Å². The quantitative estimate of drug-likeness (QED) is 0.796. The van der Waals surface area contributed by atoms with E-state index in [0.717, 1.165) is 12.0 Å². The second-order valence-electron chi connectivity index (χ2n) is 6.51. The Morgan fingerprint density at radius 3 is 2.81 bits per heavy atom. The SMILES string of the molecule is Cc1ccn(Cc2ccc3c(c2)OCO3)c(=O)c1C(=O)N1CC=CCC1. The minimum Gasteiger partial charge on any atom is -0.454 e. The summed E-state index contributed by atoms with van der Waals surface area (Å²) in [6.07, 6.45) is 6.57. The third kappa shape index (κ3) is 2.98. The van der Waals surface area contributed by atoms with Crippen LogP contribution in [0, 0.1) is 6.92 Å². The van der Waals surface area contributed by atoms with Crippen LogP contribution < -0.4 is 15.0 Å². The molecule has 6 heteroatoms. The molecule has 0 N–H and O–H groups in total. The third-order valence-electron chi connectivity index (χ3n) is 4.72. The Morgan fingerprint density at radius 1 is 1.15 bits per heavy atom. The van der Waals surface area contributed by atoms with Crippen molar-refractivity contribution < 1.29 is 14.3 Å². The van der Waals surface area contributed by atoms with Crippen LogP contribution in [0.15, 0.2) is 47.4 Å². The molecule has 2 aliphatic heterocycles. The van der Waals surface area contributed by atoms with E-state index in [2.05, 4.69) is 6.08 Å². The first kappa shape index (κ1) is 16.4. The molecule has 0 bridgehead atoms. The number of amides is 1. The van der Waals surface area contributed by atoms with Crippen LogP contribution in [0.3, 0.4) is 0 Å². The van der Waals surface area contributed by atoms with E-state index in [1.807, 2.05) is 30.3 Å². The maximum Gasteiger partial charge on any atom is 0.263 e. The Hall–Kier alpha value is -3.02. The summed E-state index contributed by atoms with van der Waals surface area (Å²) in [7, 11) is 0. The van der Waals surface area contributed by atoms with Gasteiger partial charge < -0.3 is 18.9 Å². The van der Waals surface area contributed by atoms with Gasteiger partial charge in [0.1, 0.15) is 5.56 Å². The van der Waals surface area contributed by atoms with Gasteiger partial charge in [-0.25, -0.2) is 0 Å². The summed E-state index contributed by atoms with van der Waals surface area (Å²) in [4.78, 5) is 27.5. The van der Waals surface area contributed by atoms with Gasteiger partial charge in [-0.15, -0.1) is 0 Å². The van der Waals surface area contributed by atoms with E-state index in [1.54, 1.807) is 22.6 Å². The van der Waals surface area contributed by atoms with E-state index >= 15 is 0 Å². The number of fused-ring (bicyclic) bond motifs is 1. The molecule has 6 nitrogen and oxygen atoms in total. The summed E-state index contributed by atoms with van der Waals surface area (Å²) in [6.45, 7) is 3.58. The molecule has 3 heterocycles. The van der Waals surface area contributed by atoms with Crippen molar-refractivity contribution in [3.8, 4) is 11.5 Å². The molecule has 0 fully saturated rings. The van der Waals surface area contributed by atoms with E-state index < -0.39 is 0 Å². The van der Waals surface area contributed by atoms with Gasteiger partial charge in [0, 0.05) is 19.3 Å². The lowest BCUT2D eigenvalue weighted by atomic mass is 10.1. The van der Waals surface area contributed by atoms with Crippen molar-refractivity contribution in [2.45, 2.75) is 19.9 Å². The highest BCUT2D eigenvalue weighted by molar-refractivity contribution is 5.95. The first-order chi connectivity index (χ1) is 12.6. The van der Waals surface area contributed by atoms with Crippen LogP contribution in [-0.4, -0.2) is 35.3 Å². The van der Waals surface area contributed by atoms with Gasteiger partial charge in [0.2, 0.25) is 6.79 Å². The molecule has 0 saturated heterocycles. The monoisotopic (exact) mass is 352 g/mol. The van der Waals surface area contributed by atoms with Gasteiger partial charge >= 0.3 is 0 Å². The topological polar surface area (TPSA) is 60.8 Å². The molecule has 2 aliphatic rings. The number of nitrogens with zero attached hydrogens (tertiary/aromatic N) is 2. The Balaban J connectivity index is 1.64. The molecule has 26 heavy (non-hydrogen) atoms. The zero-order valence-electron chi connectivity index (χ0n) is 14.6. The molecular weight excluding hydrogens is 332 g/mol. The summed E-state index contributed by atoms with van der Waals surface area (Å²) in [5.41, 5.74) is 1.61. The second-order valence-corrected chi connectivity index (χ2v) is 6.51. The zero-order valence-corrected chi connectivity index (χ0v) is 14.6. The van der Waals surface area contributed by atoms with Crippen LogP contribution in [0.2, 0.25) is 0 Å². The minimum absolute atomic E-state index is 0.197. The van der Waals surface area contributed by atoms with Gasteiger partial charge in [-0.3, -0.25) is 9.59 Å². The maximum absolute atomic E-state index is 13.0. The van der Waals surface area contributed by atoms with E-state index in [9.17, 15) is 9.59 Å². The molecule has 134 valence electrons. The first-order valence-corrected chi connectivity index (χ1v) is 8.66. The van der Waals surface area contributed by atoms with Crippen molar-refractivity contribution in [3.63, 3.8) is 0 Å². The lowest BCUT2D eigenvalue weighted by Crippen LogP contribution is -2.39. The van der Waals surface area contributed by atoms with E-state index in [-0.39, 0.29) is 23.8 Å². The van der Waals surface area contributed by atoms with Gasteiger partial charge in [-0.05, 0) is 42.7 Å². The van der Waals surface area contributed by atoms with Crippen LogP contribution in [0.4, 0.5) is 0 Å². The molecule has 1 aromatic heterocycles. The molecule has 0 radical (unpaired) electrons. The van der Waals surface area contributed by atoms with Crippen molar-refractivity contribution in [2.24, 2.45) is 0 Å². The number of aromatic nitrogens is 1. The molecule has 0 aliphatic carbocycles. The molecule has 4 rings (SSSR count). The molecule has 0 spiro atoms. The smallest absolute Gasteiger partial charge is 0.263 e. The third-order valence-corrected chi connectivity index (χ3v) is 4.72. The normalized spacial score (nSPS) is 15.3. The van der Waals surface area contributed by atoms with Gasteiger partial charge in [0.15, 0.2) is 11.5 Å². The molecule has 0 atom stereocenters. The number of aryl methyl sites for hydroxylation is 1. The molecule has 2 aromatic rings. The Labute approximate surface area is 151 Å². The molecule has 0 saturated carbocycles. The first-order valence-electron chi connectivity index (χ1n) is 8.66. The summed E-state index contributed by atoms with van der Waals surface area (Å²) in [5, 5.41) is 0. The largest absolute Gasteiger partial charge is 0.454 e. The zero-order chi connectivity index (χ0) is 18.1. The summed E-state index contributed by atoms with van der Waals surface area (Å²) < 4.78 is 12.3. The van der Waals surface area contributed by atoms with Crippen LogP contribution in [-0.2, 0) is 6.54 Å². The maximum atomic E-state index is 13.0. The Kier molecular flexibility index (Phi) is 4.24. The highest BCUT2D eigenvalue weighted by Gasteiger charge is 2.22.